The lowest BCUT2D eigenvalue weighted by Crippen LogP contribution is -2.34. The van der Waals surface area contributed by atoms with Gasteiger partial charge in [-0.1, -0.05) is 0 Å². The van der Waals surface area contributed by atoms with E-state index in [1.54, 1.807) is 0 Å². The predicted octanol–water partition coefficient (Wildman–Crippen LogP) is 0.796. The number of rotatable bonds is 0. The van der Waals surface area contributed by atoms with Crippen molar-refractivity contribution in [3.63, 3.8) is 0 Å². The van der Waals surface area contributed by atoms with Crippen LogP contribution in [0.15, 0.2) is 4.99 Å². The second-order valence-electron chi connectivity index (χ2n) is 1.32. The van der Waals surface area contributed by atoms with Crippen LogP contribution in [0.25, 0.3) is 0 Å². The quantitative estimate of drug-likeness (QED) is 0.390. The number of amidine groups is 1. The molecule has 0 atom stereocenters. The molecule has 0 aliphatic heterocycles. The van der Waals surface area contributed by atoms with Crippen molar-refractivity contribution in [2.75, 3.05) is 14.1 Å². The summed E-state index contributed by atoms with van der Waals surface area (Å²) >= 11 is 0. The van der Waals surface area contributed by atoms with Gasteiger partial charge in [-0.15, -0.1) is 0 Å². The van der Waals surface area contributed by atoms with Crippen molar-refractivity contribution in [3.8, 4) is 0 Å². The minimum atomic E-state index is -4.34. The third kappa shape index (κ3) is 2.34. The summed E-state index contributed by atoms with van der Waals surface area (Å²) in [6, 6.07) is 0. The highest BCUT2D eigenvalue weighted by Gasteiger charge is 2.34. The normalized spacial score (nSPS) is 13.7. The number of nitrogens with one attached hydrogen (secondary N) is 1. The fourth-order valence-electron chi connectivity index (χ4n) is 0.380. The monoisotopic (exact) mass is 140 g/mol. The minimum Gasteiger partial charge on any atom is -0.369 e. The Morgan fingerprint density at radius 1 is 1.44 bits per heavy atom. The van der Waals surface area contributed by atoms with Gasteiger partial charge < -0.3 is 5.32 Å². The lowest BCUT2D eigenvalue weighted by Gasteiger charge is -2.06. The molecular weight excluding hydrogens is 133 g/mol. The fourth-order valence-corrected chi connectivity index (χ4v) is 0.380. The standard InChI is InChI=1S/C4H7F3N2/c1-8-3(9-2)4(5,6)7/h1-2H3,(H,8,9). The molecule has 9 heavy (non-hydrogen) atoms. The average Bonchev–Trinajstić information content (AvgIpc) is 1.65. The molecule has 0 aliphatic rings. The second kappa shape index (κ2) is 2.70. The molecule has 54 valence electrons. The molecule has 0 amide bonds. The van der Waals surface area contributed by atoms with Crippen molar-refractivity contribution in [1.82, 2.24) is 5.32 Å². The van der Waals surface area contributed by atoms with E-state index in [-0.39, 0.29) is 0 Å². The lowest BCUT2D eigenvalue weighted by molar-refractivity contribution is -0.0615. The van der Waals surface area contributed by atoms with Crippen LogP contribution in [0.2, 0.25) is 0 Å². The van der Waals surface area contributed by atoms with Gasteiger partial charge in [-0.25, -0.2) is 0 Å². The molecule has 0 heterocycles. The van der Waals surface area contributed by atoms with E-state index >= 15 is 0 Å². The minimum absolute atomic E-state index is 0.956. The van der Waals surface area contributed by atoms with Crippen molar-refractivity contribution in [2.24, 2.45) is 4.99 Å². The van der Waals surface area contributed by atoms with Gasteiger partial charge in [-0.3, -0.25) is 4.99 Å². The van der Waals surface area contributed by atoms with E-state index in [1.807, 2.05) is 5.32 Å². The van der Waals surface area contributed by atoms with Crippen LogP contribution in [-0.2, 0) is 0 Å². The van der Waals surface area contributed by atoms with E-state index in [4.69, 9.17) is 0 Å². The maximum absolute atomic E-state index is 11.5. The molecule has 0 aromatic heterocycles. The smallest absolute Gasteiger partial charge is 0.369 e. The maximum Gasteiger partial charge on any atom is 0.448 e. The van der Waals surface area contributed by atoms with Crippen LogP contribution in [0.1, 0.15) is 0 Å². The van der Waals surface area contributed by atoms with Crippen molar-refractivity contribution in [3.05, 3.63) is 0 Å². The Hall–Kier alpha value is -0.740. The van der Waals surface area contributed by atoms with Crippen LogP contribution >= 0.6 is 0 Å². The Balaban J connectivity index is 4.14. The Morgan fingerprint density at radius 2 is 1.89 bits per heavy atom. The highest BCUT2D eigenvalue weighted by molar-refractivity contribution is 5.87. The molecule has 0 saturated carbocycles. The van der Waals surface area contributed by atoms with Crippen LogP contribution in [0.4, 0.5) is 13.2 Å². The zero-order valence-electron chi connectivity index (χ0n) is 5.08. The molecule has 0 rings (SSSR count). The summed E-state index contributed by atoms with van der Waals surface area (Å²) < 4.78 is 34.6. The van der Waals surface area contributed by atoms with Crippen LogP contribution in [0.5, 0.6) is 0 Å². The average molecular weight is 140 g/mol. The van der Waals surface area contributed by atoms with Crippen LogP contribution in [-0.4, -0.2) is 26.1 Å². The highest BCUT2D eigenvalue weighted by atomic mass is 19.4. The Bertz CT molecular complexity index is 115. The molecule has 0 aromatic rings. The van der Waals surface area contributed by atoms with Crippen LogP contribution < -0.4 is 5.32 Å². The van der Waals surface area contributed by atoms with Crippen molar-refractivity contribution in [1.29, 1.82) is 0 Å². The number of halogens is 3. The summed E-state index contributed by atoms with van der Waals surface area (Å²) in [5, 5.41) is 1.92. The van der Waals surface area contributed by atoms with Gasteiger partial charge in [0.15, 0.2) is 0 Å². The third-order valence-corrected chi connectivity index (χ3v) is 0.729. The molecule has 2 nitrogen and oxygen atoms in total. The van der Waals surface area contributed by atoms with E-state index in [2.05, 4.69) is 4.99 Å². The molecule has 0 aromatic carbocycles. The number of alkyl halides is 3. The predicted molar refractivity (Wildman–Crippen MR) is 28.5 cm³/mol. The van der Waals surface area contributed by atoms with Gasteiger partial charge >= 0.3 is 6.18 Å². The van der Waals surface area contributed by atoms with Crippen LogP contribution in [0.3, 0.4) is 0 Å². The first-order valence-corrected chi connectivity index (χ1v) is 2.24. The van der Waals surface area contributed by atoms with Gasteiger partial charge in [-0.2, -0.15) is 13.2 Å². The van der Waals surface area contributed by atoms with Gasteiger partial charge in [0.25, 0.3) is 0 Å². The van der Waals surface area contributed by atoms with Gasteiger partial charge in [0.1, 0.15) is 0 Å². The van der Waals surface area contributed by atoms with E-state index in [0.29, 0.717) is 0 Å². The van der Waals surface area contributed by atoms with E-state index < -0.39 is 12.0 Å². The molecular formula is C4H7F3N2. The number of nitrogens with zero attached hydrogens (tertiary/aromatic N) is 1. The number of aliphatic imine (C=N–C) groups is 1. The van der Waals surface area contributed by atoms with E-state index in [1.165, 1.54) is 7.05 Å². The zero-order valence-corrected chi connectivity index (χ0v) is 5.08. The molecule has 0 fully saturated rings. The molecule has 0 aliphatic carbocycles. The van der Waals surface area contributed by atoms with Crippen molar-refractivity contribution in [2.45, 2.75) is 6.18 Å². The largest absolute Gasteiger partial charge is 0.448 e. The second-order valence-corrected chi connectivity index (χ2v) is 1.32. The van der Waals surface area contributed by atoms with Gasteiger partial charge in [0, 0.05) is 14.1 Å². The van der Waals surface area contributed by atoms with Gasteiger partial charge in [0.05, 0.1) is 0 Å². The topological polar surface area (TPSA) is 24.4 Å². The molecule has 5 heteroatoms. The summed E-state index contributed by atoms with van der Waals surface area (Å²) in [6.45, 7) is 0. The number of hydrogen-bond donors (Lipinski definition) is 1. The fraction of sp³-hybridized carbons (Fsp3) is 0.750. The Morgan fingerprint density at radius 3 is 1.89 bits per heavy atom. The van der Waals surface area contributed by atoms with Crippen molar-refractivity contribution < 1.29 is 13.2 Å². The Kier molecular flexibility index (Phi) is 2.48. The summed E-state index contributed by atoms with van der Waals surface area (Å²) in [5.41, 5.74) is 0. The van der Waals surface area contributed by atoms with E-state index in [0.717, 1.165) is 7.05 Å². The highest BCUT2D eigenvalue weighted by Crippen LogP contribution is 2.14. The zero-order chi connectivity index (χ0) is 7.49. The SMILES string of the molecule is C/N=C(\NC)C(F)(F)F. The first kappa shape index (κ1) is 8.26. The molecule has 0 bridgehead atoms. The lowest BCUT2D eigenvalue weighted by atomic mass is 10.6. The summed E-state index contributed by atoms with van der Waals surface area (Å²) in [7, 11) is 2.26. The number of hydrogen-bond acceptors (Lipinski definition) is 1. The molecule has 0 spiro atoms. The Labute approximate surface area is 50.8 Å². The van der Waals surface area contributed by atoms with Crippen LogP contribution in [0, 0.1) is 0 Å². The first-order chi connectivity index (χ1) is 4.02. The van der Waals surface area contributed by atoms with Gasteiger partial charge in [-0.05, 0) is 0 Å². The third-order valence-electron chi connectivity index (χ3n) is 0.729. The first-order valence-electron chi connectivity index (χ1n) is 2.24. The summed E-state index contributed by atoms with van der Waals surface area (Å²) in [5.74, 6) is -0.956. The van der Waals surface area contributed by atoms with Crippen molar-refractivity contribution >= 4 is 5.84 Å². The maximum atomic E-state index is 11.5. The summed E-state index contributed by atoms with van der Waals surface area (Å²) in [6.07, 6.45) is -4.34. The molecule has 0 radical (unpaired) electrons. The molecule has 1 N–H and O–H groups in total. The molecule has 0 unspecified atom stereocenters. The van der Waals surface area contributed by atoms with E-state index in [9.17, 15) is 13.2 Å². The van der Waals surface area contributed by atoms with Gasteiger partial charge in [0.2, 0.25) is 5.84 Å². The summed E-state index contributed by atoms with van der Waals surface area (Å²) in [4.78, 5) is 2.96. The molecule has 0 saturated heterocycles.